The van der Waals surface area contributed by atoms with Gasteiger partial charge in [0.15, 0.2) is 5.78 Å². The quantitative estimate of drug-likeness (QED) is 0.708. The Morgan fingerprint density at radius 3 is 2.22 bits per heavy atom. The third kappa shape index (κ3) is 4.73. The van der Waals surface area contributed by atoms with Crippen LogP contribution < -0.4 is 0 Å². The fourth-order valence-electron chi connectivity index (χ4n) is 1.50. The van der Waals surface area contributed by atoms with Gasteiger partial charge in [-0.2, -0.15) is 10.5 Å². The van der Waals surface area contributed by atoms with Crippen LogP contribution in [0, 0.1) is 28.5 Å². The minimum atomic E-state index is -0.346. The van der Waals surface area contributed by atoms with E-state index in [-0.39, 0.29) is 37.7 Å². The summed E-state index contributed by atoms with van der Waals surface area (Å²) in [6.45, 7) is 0.143. The van der Waals surface area contributed by atoms with Gasteiger partial charge in [0.1, 0.15) is 5.82 Å². The van der Waals surface area contributed by atoms with Crippen molar-refractivity contribution in [2.24, 2.45) is 0 Å². The molecule has 0 aromatic heterocycles. The maximum atomic E-state index is 12.7. The molecule has 92 valence electrons. The molecule has 0 aliphatic rings. The summed E-state index contributed by atoms with van der Waals surface area (Å²) < 4.78 is 12.7. The molecule has 0 amide bonds. The number of nitriles is 2. The van der Waals surface area contributed by atoms with Crippen molar-refractivity contribution in [1.29, 1.82) is 10.5 Å². The largest absolute Gasteiger partial charge is 0.298 e. The first kappa shape index (κ1) is 13.8. The number of halogens is 1. The minimum Gasteiger partial charge on any atom is -0.298 e. The van der Waals surface area contributed by atoms with Gasteiger partial charge >= 0.3 is 0 Å². The van der Waals surface area contributed by atoms with Crippen molar-refractivity contribution in [2.45, 2.75) is 6.42 Å². The van der Waals surface area contributed by atoms with E-state index in [0.29, 0.717) is 0 Å². The van der Waals surface area contributed by atoms with Crippen molar-refractivity contribution < 1.29 is 9.18 Å². The highest BCUT2D eigenvalue weighted by Gasteiger charge is 2.10. The molecule has 0 unspecified atom stereocenters. The van der Waals surface area contributed by atoms with E-state index in [1.807, 2.05) is 12.1 Å². The molecule has 0 bridgehead atoms. The van der Waals surface area contributed by atoms with Gasteiger partial charge in [0.05, 0.1) is 31.8 Å². The zero-order valence-corrected chi connectivity index (χ0v) is 9.77. The molecule has 0 radical (unpaired) electrons. The van der Waals surface area contributed by atoms with Gasteiger partial charge in [-0.1, -0.05) is 12.1 Å². The lowest BCUT2D eigenvalue weighted by Gasteiger charge is -2.13. The van der Waals surface area contributed by atoms with Crippen LogP contribution >= 0.6 is 0 Å². The van der Waals surface area contributed by atoms with Crippen LogP contribution in [-0.4, -0.2) is 30.3 Å². The Hall–Kier alpha value is -2.24. The topological polar surface area (TPSA) is 67.9 Å². The molecular formula is C13H12FN3O. The molecule has 0 saturated heterocycles. The highest BCUT2D eigenvalue weighted by atomic mass is 19.1. The number of hydrogen-bond acceptors (Lipinski definition) is 4. The van der Waals surface area contributed by atoms with Crippen LogP contribution in [0.3, 0.4) is 0 Å². The third-order valence-electron chi connectivity index (χ3n) is 2.30. The summed E-state index contributed by atoms with van der Waals surface area (Å²) in [5.41, 5.74) is 0.718. The first-order chi connectivity index (χ1) is 8.65. The number of ketones is 1. The Labute approximate surface area is 105 Å². The molecule has 0 heterocycles. The van der Waals surface area contributed by atoms with Gasteiger partial charge in [-0.25, -0.2) is 4.39 Å². The average molecular weight is 245 g/mol. The van der Waals surface area contributed by atoms with Crippen molar-refractivity contribution in [2.75, 3.05) is 19.6 Å². The summed E-state index contributed by atoms with van der Waals surface area (Å²) in [6.07, 6.45) is 0.174. The fraction of sp³-hybridized carbons (Fsp3) is 0.308. The van der Waals surface area contributed by atoms with Crippen molar-refractivity contribution >= 4 is 5.78 Å². The molecule has 1 aromatic carbocycles. The van der Waals surface area contributed by atoms with E-state index in [2.05, 4.69) is 0 Å². The van der Waals surface area contributed by atoms with Crippen LogP contribution in [0.25, 0.3) is 0 Å². The van der Waals surface area contributed by atoms with Crippen LogP contribution in [0.2, 0.25) is 0 Å². The number of carbonyl (C=O) groups excluding carboxylic acids is 1. The molecule has 4 nitrogen and oxygen atoms in total. The Morgan fingerprint density at radius 1 is 1.17 bits per heavy atom. The molecule has 0 spiro atoms. The Balaban J connectivity index is 2.52. The second-order valence-electron chi connectivity index (χ2n) is 3.80. The fourth-order valence-corrected chi connectivity index (χ4v) is 1.50. The Bertz CT molecular complexity index is 468. The summed E-state index contributed by atoms with van der Waals surface area (Å²) in [5, 5.41) is 17.1. The summed E-state index contributed by atoms with van der Waals surface area (Å²) in [7, 11) is 0. The second-order valence-corrected chi connectivity index (χ2v) is 3.80. The first-order valence-corrected chi connectivity index (χ1v) is 5.38. The van der Waals surface area contributed by atoms with Crippen LogP contribution in [0.4, 0.5) is 4.39 Å². The van der Waals surface area contributed by atoms with Crippen LogP contribution in [0.5, 0.6) is 0 Å². The molecule has 0 saturated carbocycles. The van der Waals surface area contributed by atoms with E-state index in [9.17, 15) is 9.18 Å². The van der Waals surface area contributed by atoms with Crippen LogP contribution in [0.1, 0.15) is 5.56 Å². The zero-order chi connectivity index (χ0) is 13.4. The van der Waals surface area contributed by atoms with Gasteiger partial charge in [0, 0.05) is 6.42 Å². The van der Waals surface area contributed by atoms with Gasteiger partial charge in [-0.15, -0.1) is 0 Å². The van der Waals surface area contributed by atoms with Crippen molar-refractivity contribution in [3.8, 4) is 12.1 Å². The zero-order valence-electron chi connectivity index (χ0n) is 9.77. The normalized spacial score (nSPS) is 9.78. The Morgan fingerprint density at radius 2 is 1.72 bits per heavy atom. The summed E-state index contributed by atoms with van der Waals surface area (Å²) in [6, 6.07) is 9.49. The molecule has 5 heteroatoms. The monoisotopic (exact) mass is 245 g/mol. The first-order valence-electron chi connectivity index (χ1n) is 5.38. The summed E-state index contributed by atoms with van der Waals surface area (Å²) in [5.74, 6) is -0.450. The van der Waals surface area contributed by atoms with E-state index in [0.717, 1.165) is 5.56 Å². The highest BCUT2D eigenvalue weighted by molar-refractivity contribution is 5.82. The van der Waals surface area contributed by atoms with Crippen LogP contribution in [0.15, 0.2) is 24.3 Å². The highest BCUT2D eigenvalue weighted by Crippen LogP contribution is 2.04. The van der Waals surface area contributed by atoms with E-state index >= 15 is 0 Å². The number of nitrogens with zero attached hydrogens (tertiary/aromatic N) is 3. The molecular weight excluding hydrogens is 233 g/mol. The van der Waals surface area contributed by atoms with Gasteiger partial charge < -0.3 is 0 Å². The molecule has 0 aliphatic carbocycles. The van der Waals surface area contributed by atoms with Crippen molar-refractivity contribution in [1.82, 2.24) is 4.90 Å². The van der Waals surface area contributed by atoms with E-state index in [1.54, 1.807) is 12.1 Å². The molecule has 1 rings (SSSR count). The SMILES string of the molecule is N#CCN(CC#N)CC(=O)Cc1ccc(F)cc1. The molecule has 0 aliphatic heterocycles. The maximum absolute atomic E-state index is 12.7. The van der Waals surface area contributed by atoms with Gasteiger partial charge in [-0.05, 0) is 17.7 Å². The van der Waals surface area contributed by atoms with E-state index in [1.165, 1.54) is 17.0 Å². The summed E-state index contributed by atoms with van der Waals surface area (Å²) in [4.78, 5) is 13.2. The minimum absolute atomic E-state index is 0.0444. The number of hydrogen-bond donors (Lipinski definition) is 0. The van der Waals surface area contributed by atoms with E-state index in [4.69, 9.17) is 10.5 Å². The molecule has 0 N–H and O–H groups in total. The lowest BCUT2D eigenvalue weighted by Crippen LogP contribution is -2.31. The standard InChI is InChI=1S/C13H12FN3O/c14-12-3-1-11(2-4-12)9-13(18)10-17(7-5-15)8-6-16/h1-4H,7-10H2. The molecule has 0 atom stereocenters. The van der Waals surface area contributed by atoms with Crippen molar-refractivity contribution in [3.63, 3.8) is 0 Å². The lowest BCUT2D eigenvalue weighted by molar-refractivity contribution is -0.119. The molecule has 1 aromatic rings. The predicted molar refractivity (Wildman–Crippen MR) is 62.8 cm³/mol. The predicted octanol–water partition coefficient (Wildman–Crippen LogP) is 1.29. The van der Waals surface area contributed by atoms with E-state index < -0.39 is 0 Å². The number of rotatable bonds is 6. The summed E-state index contributed by atoms with van der Waals surface area (Å²) >= 11 is 0. The average Bonchev–Trinajstić information content (AvgIpc) is 2.33. The molecule has 0 fully saturated rings. The maximum Gasteiger partial charge on any atom is 0.151 e. The smallest absolute Gasteiger partial charge is 0.151 e. The third-order valence-corrected chi connectivity index (χ3v) is 2.30. The van der Waals surface area contributed by atoms with Crippen LogP contribution in [-0.2, 0) is 11.2 Å². The Kier molecular flexibility index (Phi) is 5.50. The lowest BCUT2D eigenvalue weighted by atomic mass is 10.1. The number of carbonyl (C=O) groups is 1. The van der Waals surface area contributed by atoms with Gasteiger partial charge in [-0.3, -0.25) is 9.69 Å². The van der Waals surface area contributed by atoms with Gasteiger partial charge in [0.25, 0.3) is 0 Å². The van der Waals surface area contributed by atoms with Gasteiger partial charge in [0.2, 0.25) is 0 Å². The van der Waals surface area contributed by atoms with Crippen molar-refractivity contribution in [3.05, 3.63) is 35.6 Å². The number of Topliss-reactive ketones (excluding diaryl/α,β-unsaturated/α-hetero) is 1. The second kappa shape index (κ2) is 7.16. The number of benzene rings is 1. The molecule has 18 heavy (non-hydrogen) atoms.